The molecule has 0 saturated heterocycles. The zero-order chi connectivity index (χ0) is 18.1. The lowest BCUT2D eigenvalue weighted by atomic mass is 9.89. The summed E-state index contributed by atoms with van der Waals surface area (Å²) in [5.74, 6) is 0.883. The highest BCUT2D eigenvalue weighted by molar-refractivity contribution is 14.1. The van der Waals surface area contributed by atoms with Crippen molar-refractivity contribution in [3.8, 4) is 16.9 Å². The Labute approximate surface area is 166 Å². The Hall–Kier alpha value is -2.11. The SMILES string of the molecule is COCc1c(I)cc2ccccc2c1-c1c(OC)ccc2ccccc12. The highest BCUT2D eigenvalue weighted by atomic mass is 127. The van der Waals surface area contributed by atoms with Crippen LogP contribution >= 0.6 is 22.6 Å². The van der Waals surface area contributed by atoms with E-state index in [4.69, 9.17) is 9.47 Å². The predicted octanol–water partition coefficient (Wildman–Crippen LogP) is 6.42. The van der Waals surface area contributed by atoms with Gasteiger partial charge in [-0.1, -0.05) is 54.6 Å². The van der Waals surface area contributed by atoms with Crippen molar-refractivity contribution in [2.24, 2.45) is 0 Å². The average molecular weight is 454 g/mol. The van der Waals surface area contributed by atoms with Crippen LogP contribution in [0.3, 0.4) is 0 Å². The summed E-state index contributed by atoms with van der Waals surface area (Å²) in [6.45, 7) is 0.560. The number of rotatable bonds is 4. The molecule has 4 rings (SSSR count). The maximum Gasteiger partial charge on any atom is 0.127 e. The van der Waals surface area contributed by atoms with Crippen LogP contribution in [0.15, 0.2) is 66.7 Å². The molecule has 26 heavy (non-hydrogen) atoms. The summed E-state index contributed by atoms with van der Waals surface area (Å²) in [6, 6.07) is 23.4. The molecule has 0 amide bonds. The molecule has 0 saturated carbocycles. The van der Waals surface area contributed by atoms with E-state index in [1.54, 1.807) is 14.2 Å². The van der Waals surface area contributed by atoms with E-state index in [9.17, 15) is 0 Å². The Morgan fingerprint density at radius 3 is 2.12 bits per heavy atom. The van der Waals surface area contributed by atoms with Crippen LogP contribution in [0.4, 0.5) is 0 Å². The van der Waals surface area contributed by atoms with Crippen molar-refractivity contribution in [2.75, 3.05) is 14.2 Å². The van der Waals surface area contributed by atoms with E-state index < -0.39 is 0 Å². The van der Waals surface area contributed by atoms with E-state index in [1.807, 2.05) is 0 Å². The Morgan fingerprint density at radius 1 is 0.769 bits per heavy atom. The second-order valence-corrected chi connectivity index (χ2v) is 7.39. The molecule has 4 aromatic carbocycles. The zero-order valence-electron chi connectivity index (χ0n) is 14.8. The minimum atomic E-state index is 0.560. The molecule has 0 unspecified atom stereocenters. The molecule has 2 nitrogen and oxygen atoms in total. The molecule has 0 heterocycles. The maximum atomic E-state index is 5.79. The van der Waals surface area contributed by atoms with Crippen molar-refractivity contribution in [1.82, 2.24) is 0 Å². The first-order chi connectivity index (χ1) is 12.7. The molecule has 0 fully saturated rings. The van der Waals surface area contributed by atoms with E-state index >= 15 is 0 Å². The smallest absolute Gasteiger partial charge is 0.127 e. The van der Waals surface area contributed by atoms with Gasteiger partial charge in [0.1, 0.15) is 5.75 Å². The van der Waals surface area contributed by atoms with Gasteiger partial charge in [0.2, 0.25) is 0 Å². The van der Waals surface area contributed by atoms with Crippen molar-refractivity contribution in [3.05, 3.63) is 75.9 Å². The van der Waals surface area contributed by atoms with Gasteiger partial charge in [-0.3, -0.25) is 0 Å². The van der Waals surface area contributed by atoms with Gasteiger partial charge in [0.15, 0.2) is 0 Å². The number of methoxy groups -OCH3 is 2. The third kappa shape index (κ3) is 2.85. The van der Waals surface area contributed by atoms with E-state index in [1.165, 1.54) is 36.2 Å². The summed E-state index contributed by atoms with van der Waals surface area (Å²) >= 11 is 2.41. The molecule has 0 atom stereocenters. The largest absolute Gasteiger partial charge is 0.496 e. The number of hydrogen-bond donors (Lipinski definition) is 0. The van der Waals surface area contributed by atoms with Gasteiger partial charge < -0.3 is 9.47 Å². The quantitative estimate of drug-likeness (QED) is 0.332. The number of fused-ring (bicyclic) bond motifs is 2. The molecule has 0 aliphatic rings. The summed E-state index contributed by atoms with van der Waals surface area (Å²) in [5, 5.41) is 4.84. The summed E-state index contributed by atoms with van der Waals surface area (Å²) in [4.78, 5) is 0. The van der Waals surface area contributed by atoms with Crippen molar-refractivity contribution >= 4 is 44.1 Å². The van der Waals surface area contributed by atoms with Gasteiger partial charge in [-0.15, -0.1) is 0 Å². The highest BCUT2D eigenvalue weighted by Crippen LogP contribution is 2.43. The molecule has 4 aromatic rings. The van der Waals surface area contributed by atoms with Gasteiger partial charge in [-0.25, -0.2) is 0 Å². The molecule has 0 spiro atoms. The lowest BCUT2D eigenvalue weighted by Crippen LogP contribution is -2.00. The first-order valence-corrected chi connectivity index (χ1v) is 9.57. The van der Waals surface area contributed by atoms with Crippen molar-refractivity contribution in [2.45, 2.75) is 6.61 Å². The Kier molecular flexibility index (Phi) is 4.83. The fourth-order valence-corrected chi connectivity index (χ4v) is 4.37. The molecule has 0 aliphatic heterocycles. The van der Waals surface area contributed by atoms with Crippen molar-refractivity contribution < 1.29 is 9.47 Å². The highest BCUT2D eigenvalue weighted by Gasteiger charge is 2.19. The van der Waals surface area contributed by atoms with Crippen LogP contribution in [0.25, 0.3) is 32.7 Å². The zero-order valence-corrected chi connectivity index (χ0v) is 16.9. The molecule has 0 radical (unpaired) electrons. The first-order valence-electron chi connectivity index (χ1n) is 8.49. The van der Waals surface area contributed by atoms with Crippen LogP contribution in [0.1, 0.15) is 5.56 Å². The Morgan fingerprint density at radius 2 is 1.42 bits per heavy atom. The van der Waals surface area contributed by atoms with Gasteiger partial charge in [-0.05, 0) is 61.8 Å². The van der Waals surface area contributed by atoms with Crippen LogP contribution < -0.4 is 4.74 Å². The lowest BCUT2D eigenvalue weighted by Gasteiger charge is -2.19. The summed E-state index contributed by atoms with van der Waals surface area (Å²) in [5.41, 5.74) is 3.52. The molecule has 0 aromatic heterocycles. The molecule has 0 N–H and O–H groups in total. The van der Waals surface area contributed by atoms with Crippen LogP contribution in [0.5, 0.6) is 5.75 Å². The molecule has 130 valence electrons. The molecule has 0 bridgehead atoms. The fourth-order valence-electron chi connectivity index (χ4n) is 3.61. The van der Waals surface area contributed by atoms with Crippen LogP contribution in [-0.4, -0.2) is 14.2 Å². The van der Waals surface area contributed by atoms with Gasteiger partial charge in [0, 0.05) is 21.8 Å². The van der Waals surface area contributed by atoms with Crippen molar-refractivity contribution in [1.29, 1.82) is 0 Å². The molecule has 0 aliphatic carbocycles. The van der Waals surface area contributed by atoms with E-state index in [0.717, 1.165) is 11.3 Å². The summed E-state index contributed by atoms with van der Waals surface area (Å²) < 4.78 is 12.5. The van der Waals surface area contributed by atoms with E-state index in [-0.39, 0.29) is 0 Å². The van der Waals surface area contributed by atoms with E-state index in [0.29, 0.717) is 6.61 Å². The number of benzene rings is 4. The van der Waals surface area contributed by atoms with E-state index in [2.05, 4.69) is 89.3 Å². The Balaban J connectivity index is 2.21. The number of halogens is 1. The maximum absolute atomic E-state index is 5.79. The summed E-state index contributed by atoms with van der Waals surface area (Å²) in [6.07, 6.45) is 0. The summed E-state index contributed by atoms with van der Waals surface area (Å²) in [7, 11) is 3.48. The third-order valence-electron chi connectivity index (χ3n) is 4.75. The molecule has 3 heteroatoms. The second-order valence-electron chi connectivity index (χ2n) is 6.23. The molecular weight excluding hydrogens is 435 g/mol. The fraction of sp³-hybridized carbons (Fsp3) is 0.130. The third-order valence-corrected chi connectivity index (χ3v) is 5.71. The minimum absolute atomic E-state index is 0.560. The minimum Gasteiger partial charge on any atom is -0.496 e. The predicted molar refractivity (Wildman–Crippen MR) is 117 cm³/mol. The van der Waals surface area contributed by atoms with Crippen LogP contribution in [-0.2, 0) is 11.3 Å². The Bertz CT molecular complexity index is 1100. The normalized spacial score (nSPS) is 11.2. The number of ether oxygens (including phenoxy) is 2. The van der Waals surface area contributed by atoms with Gasteiger partial charge >= 0.3 is 0 Å². The topological polar surface area (TPSA) is 18.5 Å². The second kappa shape index (κ2) is 7.25. The van der Waals surface area contributed by atoms with Crippen LogP contribution in [0.2, 0.25) is 0 Å². The first kappa shape index (κ1) is 17.3. The number of hydrogen-bond acceptors (Lipinski definition) is 2. The van der Waals surface area contributed by atoms with Gasteiger partial charge in [0.05, 0.1) is 13.7 Å². The lowest BCUT2D eigenvalue weighted by molar-refractivity contribution is 0.185. The van der Waals surface area contributed by atoms with Crippen molar-refractivity contribution in [3.63, 3.8) is 0 Å². The molecular formula is C23H19IO2. The standard InChI is InChI=1S/C23H19IO2/c1-25-14-19-20(24)13-16-8-4-6-10-18(16)22(19)23-17-9-5-3-7-15(17)11-12-21(23)26-2/h3-13H,14H2,1-2H3. The van der Waals surface area contributed by atoms with Crippen LogP contribution in [0, 0.1) is 3.57 Å². The van der Waals surface area contributed by atoms with Gasteiger partial charge in [0.25, 0.3) is 0 Å². The van der Waals surface area contributed by atoms with Gasteiger partial charge in [-0.2, -0.15) is 0 Å². The average Bonchev–Trinajstić information content (AvgIpc) is 2.68. The monoisotopic (exact) mass is 454 g/mol.